The summed E-state index contributed by atoms with van der Waals surface area (Å²) >= 11 is 0. The van der Waals surface area contributed by atoms with Crippen molar-refractivity contribution < 1.29 is 31.3 Å². The molecule has 11 heteroatoms. The van der Waals surface area contributed by atoms with Crippen molar-refractivity contribution in [2.24, 2.45) is 0 Å². The Morgan fingerprint density at radius 2 is 1.31 bits per heavy atom. The Bertz CT molecular complexity index is 1050. The molecule has 1 heterocycles. The number of rotatable bonds is 3. The van der Waals surface area contributed by atoms with Crippen LogP contribution in [0.25, 0.3) is 22.6 Å². The van der Waals surface area contributed by atoms with Crippen LogP contribution in [-0.2, 0) is 12.4 Å². The minimum Gasteiger partial charge on any atom is -0.258 e. The largest absolute Gasteiger partial charge is 0.433 e. The lowest BCUT2D eigenvalue weighted by atomic mass is 10.1. The highest BCUT2D eigenvalue weighted by molar-refractivity contribution is 5.65. The number of aromatic nitrogens is 2. The number of halogens is 6. The van der Waals surface area contributed by atoms with Crippen molar-refractivity contribution in [3.8, 4) is 22.6 Å². The van der Waals surface area contributed by atoms with Gasteiger partial charge in [0.25, 0.3) is 5.69 Å². The third-order valence-electron chi connectivity index (χ3n) is 3.86. The monoisotopic (exact) mass is 413 g/mol. The topological polar surface area (TPSA) is 68.9 Å². The maximum atomic E-state index is 13.2. The Hall–Kier alpha value is -3.50. The fourth-order valence-corrected chi connectivity index (χ4v) is 2.43. The van der Waals surface area contributed by atoms with Crippen LogP contribution in [0.2, 0.25) is 0 Å². The van der Waals surface area contributed by atoms with Crippen LogP contribution >= 0.6 is 0 Å². The predicted octanol–water partition coefficient (Wildman–Crippen LogP) is 5.76. The van der Waals surface area contributed by atoms with E-state index < -0.39 is 28.5 Å². The molecule has 0 unspecified atom stereocenters. The second-order valence-electron chi connectivity index (χ2n) is 5.84. The molecular weight excluding hydrogens is 404 g/mol. The first-order chi connectivity index (χ1) is 13.4. The first-order valence-corrected chi connectivity index (χ1v) is 7.84. The van der Waals surface area contributed by atoms with E-state index in [4.69, 9.17) is 0 Å². The fraction of sp³-hybridized carbons (Fsp3) is 0.111. The van der Waals surface area contributed by atoms with E-state index in [0.717, 1.165) is 36.4 Å². The summed E-state index contributed by atoms with van der Waals surface area (Å²) in [7, 11) is 0. The van der Waals surface area contributed by atoms with Gasteiger partial charge in [0.2, 0.25) is 0 Å². The van der Waals surface area contributed by atoms with E-state index in [2.05, 4.69) is 9.97 Å². The zero-order chi connectivity index (χ0) is 21.4. The van der Waals surface area contributed by atoms with Crippen LogP contribution in [0.3, 0.4) is 0 Å². The van der Waals surface area contributed by atoms with Gasteiger partial charge in [-0.2, -0.15) is 26.3 Å². The zero-order valence-electron chi connectivity index (χ0n) is 14.1. The molecule has 3 aromatic rings. The van der Waals surface area contributed by atoms with Gasteiger partial charge in [-0.3, -0.25) is 10.1 Å². The first kappa shape index (κ1) is 20.2. The van der Waals surface area contributed by atoms with Crippen molar-refractivity contribution in [3.63, 3.8) is 0 Å². The molecule has 0 bridgehead atoms. The van der Waals surface area contributed by atoms with Crippen molar-refractivity contribution in [1.82, 2.24) is 9.97 Å². The molecule has 150 valence electrons. The Morgan fingerprint density at radius 3 is 1.79 bits per heavy atom. The Balaban J connectivity index is 2.10. The summed E-state index contributed by atoms with van der Waals surface area (Å²) in [4.78, 5) is 17.5. The number of alkyl halides is 6. The van der Waals surface area contributed by atoms with Crippen molar-refractivity contribution in [2.45, 2.75) is 12.4 Å². The zero-order valence-corrected chi connectivity index (χ0v) is 14.1. The lowest BCUT2D eigenvalue weighted by Crippen LogP contribution is -2.10. The number of nitro groups is 1. The third-order valence-corrected chi connectivity index (χ3v) is 3.86. The van der Waals surface area contributed by atoms with Gasteiger partial charge in [0.15, 0.2) is 5.82 Å². The quantitative estimate of drug-likeness (QED) is 0.311. The summed E-state index contributed by atoms with van der Waals surface area (Å²) < 4.78 is 77.8. The predicted molar refractivity (Wildman–Crippen MR) is 89.6 cm³/mol. The molecule has 0 atom stereocenters. The van der Waals surface area contributed by atoms with Gasteiger partial charge in [-0.1, -0.05) is 12.1 Å². The molecule has 0 N–H and O–H groups in total. The van der Waals surface area contributed by atoms with Crippen LogP contribution in [0, 0.1) is 10.1 Å². The Kier molecular flexibility index (Phi) is 4.99. The Morgan fingerprint density at radius 1 is 0.759 bits per heavy atom. The second kappa shape index (κ2) is 7.15. The van der Waals surface area contributed by atoms with E-state index in [1.807, 2.05) is 0 Å². The molecule has 29 heavy (non-hydrogen) atoms. The lowest BCUT2D eigenvalue weighted by Gasteiger charge is -2.12. The number of non-ortho nitro benzene ring substituents is 1. The van der Waals surface area contributed by atoms with Crippen LogP contribution in [-0.4, -0.2) is 14.9 Å². The van der Waals surface area contributed by atoms with Gasteiger partial charge in [-0.15, -0.1) is 0 Å². The highest BCUT2D eigenvalue weighted by Gasteiger charge is 2.34. The summed E-state index contributed by atoms with van der Waals surface area (Å²) in [6.45, 7) is 0. The number of benzene rings is 2. The fourth-order valence-electron chi connectivity index (χ4n) is 2.43. The summed E-state index contributed by atoms with van der Waals surface area (Å²) in [5.74, 6) is -0.371. The lowest BCUT2D eigenvalue weighted by molar-refractivity contribution is -0.384. The van der Waals surface area contributed by atoms with E-state index in [9.17, 15) is 36.5 Å². The van der Waals surface area contributed by atoms with Crippen LogP contribution < -0.4 is 0 Å². The van der Waals surface area contributed by atoms with Crippen LogP contribution in [0.15, 0.2) is 54.6 Å². The standard InChI is InChI=1S/C18H9F6N3O2/c19-17(20,21)12-5-1-10(2-6-12)14-9-15(18(22,23)24)26-16(25-14)11-3-7-13(8-4-11)27(28)29/h1-9H. The van der Waals surface area contributed by atoms with E-state index in [1.54, 1.807) is 0 Å². The Labute approximate surface area is 158 Å². The normalized spacial score (nSPS) is 12.1. The summed E-state index contributed by atoms with van der Waals surface area (Å²) in [6.07, 6.45) is -9.43. The molecule has 0 aliphatic carbocycles. The van der Waals surface area contributed by atoms with Gasteiger partial charge >= 0.3 is 12.4 Å². The molecule has 0 saturated heterocycles. The average Bonchev–Trinajstić information content (AvgIpc) is 2.66. The van der Waals surface area contributed by atoms with Crippen molar-refractivity contribution >= 4 is 5.69 Å². The molecule has 0 aliphatic rings. The third kappa shape index (κ3) is 4.50. The molecule has 0 fully saturated rings. The smallest absolute Gasteiger partial charge is 0.258 e. The van der Waals surface area contributed by atoms with E-state index in [-0.39, 0.29) is 28.3 Å². The van der Waals surface area contributed by atoms with Crippen LogP contribution in [0.5, 0.6) is 0 Å². The van der Waals surface area contributed by atoms with Crippen molar-refractivity contribution in [3.05, 3.63) is 76.0 Å². The molecule has 5 nitrogen and oxygen atoms in total. The molecule has 2 aromatic carbocycles. The van der Waals surface area contributed by atoms with E-state index >= 15 is 0 Å². The maximum absolute atomic E-state index is 13.2. The summed E-state index contributed by atoms with van der Waals surface area (Å²) in [6, 6.07) is 8.63. The van der Waals surface area contributed by atoms with Gasteiger partial charge in [0, 0.05) is 23.3 Å². The average molecular weight is 413 g/mol. The molecule has 0 radical (unpaired) electrons. The van der Waals surface area contributed by atoms with Gasteiger partial charge in [-0.25, -0.2) is 9.97 Å². The second-order valence-corrected chi connectivity index (χ2v) is 5.84. The van der Waals surface area contributed by atoms with E-state index in [1.165, 1.54) is 12.1 Å². The number of hydrogen-bond donors (Lipinski definition) is 0. The molecule has 0 spiro atoms. The molecule has 1 aromatic heterocycles. The minimum atomic E-state index is -4.83. The van der Waals surface area contributed by atoms with Crippen LogP contribution in [0.4, 0.5) is 32.0 Å². The van der Waals surface area contributed by atoms with Gasteiger partial charge in [0.1, 0.15) is 5.69 Å². The molecule has 0 aliphatic heterocycles. The highest BCUT2D eigenvalue weighted by atomic mass is 19.4. The first-order valence-electron chi connectivity index (χ1n) is 7.84. The number of hydrogen-bond acceptors (Lipinski definition) is 4. The summed E-state index contributed by atoms with van der Waals surface area (Å²) in [5.41, 5.74) is -2.67. The minimum absolute atomic E-state index is 0.0223. The SMILES string of the molecule is O=[N+]([O-])c1ccc(-c2nc(-c3ccc(C(F)(F)F)cc3)cc(C(F)(F)F)n2)cc1. The van der Waals surface area contributed by atoms with Gasteiger partial charge in [-0.05, 0) is 30.3 Å². The van der Waals surface area contributed by atoms with Crippen LogP contribution in [0.1, 0.15) is 11.3 Å². The van der Waals surface area contributed by atoms with E-state index in [0.29, 0.717) is 6.07 Å². The molecule has 0 saturated carbocycles. The molecular formula is C18H9F6N3O2. The number of nitro benzene ring substituents is 1. The van der Waals surface area contributed by atoms with Gasteiger partial charge in [0.05, 0.1) is 16.2 Å². The molecule has 3 rings (SSSR count). The highest BCUT2D eigenvalue weighted by Crippen LogP contribution is 2.34. The molecule has 0 amide bonds. The number of nitrogens with zero attached hydrogens (tertiary/aromatic N) is 3. The summed E-state index contributed by atoms with van der Waals surface area (Å²) in [5, 5.41) is 10.7. The van der Waals surface area contributed by atoms with Crippen molar-refractivity contribution in [1.29, 1.82) is 0 Å². The van der Waals surface area contributed by atoms with Crippen molar-refractivity contribution in [2.75, 3.05) is 0 Å². The van der Waals surface area contributed by atoms with Gasteiger partial charge < -0.3 is 0 Å². The maximum Gasteiger partial charge on any atom is 0.433 e.